The molecule has 2 unspecified atom stereocenters. The minimum Gasteiger partial charge on any atom is -0.334 e. The van der Waals surface area contributed by atoms with Crippen molar-refractivity contribution in [2.75, 3.05) is 12.3 Å². The van der Waals surface area contributed by atoms with Crippen molar-refractivity contribution in [2.24, 2.45) is 5.92 Å². The van der Waals surface area contributed by atoms with E-state index in [4.69, 9.17) is 0 Å². The quantitative estimate of drug-likeness (QED) is 0.914. The second-order valence-corrected chi connectivity index (χ2v) is 7.65. The summed E-state index contributed by atoms with van der Waals surface area (Å²) in [6.45, 7) is 0.829. The molecule has 0 aliphatic carbocycles. The van der Waals surface area contributed by atoms with Crippen LogP contribution >= 0.6 is 11.8 Å². The Morgan fingerprint density at radius 1 is 1.28 bits per heavy atom. The van der Waals surface area contributed by atoms with Crippen molar-refractivity contribution in [1.29, 1.82) is 0 Å². The summed E-state index contributed by atoms with van der Waals surface area (Å²) in [4.78, 5) is 21.0. The van der Waals surface area contributed by atoms with E-state index in [2.05, 4.69) is 26.2 Å². The summed E-state index contributed by atoms with van der Waals surface area (Å²) >= 11 is 1.74. The molecule has 1 saturated heterocycles. The molecule has 1 fully saturated rings. The van der Waals surface area contributed by atoms with Gasteiger partial charge in [0.15, 0.2) is 0 Å². The van der Waals surface area contributed by atoms with E-state index in [0.717, 1.165) is 47.7 Å². The van der Waals surface area contributed by atoms with Gasteiger partial charge in [0.1, 0.15) is 0 Å². The van der Waals surface area contributed by atoms with E-state index in [-0.39, 0.29) is 17.9 Å². The predicted molar refractivity (Wildman–Crippen MR) is 99.7 cm³/mol. The average molecular weight is 354 g/mol. The van der Waals surface area contributed by atoms with E-state index in [1.165, 1.54) is 6.42 Å². The molecule has 2 aliphatic heterocycles. The van der Waals surface area contributed by atoms with Gasteiger partial charge >= 0.3 is 0 Å². The zero-order valence-electron chi connectivity index (χ0n) is 14.1. The number of pyridine rings is 1. The molecule has 25 heavy (non-hydrogen) atoms. The van der Waals surface area contributed by atoms with Crippen LogP contribution in [0.1, 0.15) is 43.0 Å². The normalized spacial score (nSPS) is 24.0. The zero-order chi connectivity index (χ0) is 17.1. The second-order valence-electron chi connectivity index (χ2n) is 6.59. The van der Waals surface area contributed by atoms with Crippen LogP contribution in [0.15, 0.2) is 42.9 Å². The van der Waals surface area contributed by atoms with E-state index < -0.39 is 0 Å². The van der Waals surface area contributed by atoms with Gasteiger partial charge in [-0.05, 0) is 25.0 Å². The van der Waals surface area contributed by atoms with Gasteiger partial charge in [-0.2, -0.15) is 5.10 Å². The van der Waals surface area contributed by atoms with Crippen LogP contribution in [0, 0.1) is 5.92 Å². The third-order valence-electron chi connectivity index (χ3n) is 4.94. The monoisotopic (exact) mass is 354 g/mol. The molecule has 0 saturated carbocycles. The molecule has 0 radical (unpaired) electrons. The summed E-state index contributed by atoms with van der Waals surface area (Å²) in [5.74, 6) is 0.993. The first-order valence-electron chi connectivity index (χ1n) is 8.88. The lowest BCUT2D eigenvalue weighted by atomic mass is 10.0. The maximum Gasteiger partial charge on any atom is 0.230 e. The standard InChI is InChI=1S/C19H22N4OS/c24-19(14-10-18(25-13-14)15-11-21-22-12-15)23-9-5-1-2-7-17(23)16-6-3-4-8-20-16/h3-4,6,8,10-12,14,17H,1-2,5,7,9,13H2,(H,21,22). The number of likely N-dealkylation sites (tertiary alicyclic amines) is 1. The molecule has 0 aromatic carbocycles. The van der Waals surface area contributed by atoms with Gasteiger partial charge < -0.3 is 4.90 Å². The molecule has 1 amide bonds. The predicted octanol–water partition coefficient (Wildman–Crippen LogP) is 3.65. The third kappa shape index (κ3) is 3.49. The lowest BCUT2D eigenvalue weighted by molar-refractivity contribution is -0.135. The van der Waals surface area contributed by atoms with Crippen molar-refractivity contribution < 1.29 is 4.79 Å². The van der Waals surface area contributed by atoms with Crippen molar-refractivity contribution in [1.82, 2.24) is 20.1 Å². The molecule has 2 atom stereocenters. The Morgan fingerprint density at radius 3 is 3.04 bits per heavy atom. The molecule has 4 heterocycles. The zero-order valence-corrected chi connectivity index (χ0v) is 14.9. The Morgan fingerprint density at radius 2 is 2.24 bits per heavy atom. The van der Waals surface area contributed by atoms with Gasteiger partial charge in [0.2, 0.25) is 5.91 Å². The molecular weight excluding hydrogens is 332 g/mol. The summed E-state index contributed by atoms with van der Waals surface area (Å²) < 4.78 is 0. The van der Waals surface area contributed by atoms with E-state index >= 15 is 0 Å². The number of carbonyl (C=O) groups is 1. The second kappa shape index (κ2) is 7.44. The molecule has 1 N–H and O–H groups in total. The SMILES string of the molecule is O=C(C1C=C(c2cn[nH]c2)SC1)N1CCCCCC1c1ccccn1. The molecule has 0 bridgehead atoms. The first-order chi connectivity index (χ1) is 12.3. The Balaban J connectivity index is 1.56. The molecule has 4 rings (SSSR count). The summed E-state index contributed by atoms with van der Waals surface area (Å²) in [6.07, 6.45) is 12.0. The number of nitrogens with one attached hydrogen (secondary N) is 1. The fourth-order valence-electron chi connectivity index (χ4n) is 3.63. The highest BCUT2D eigenvalue weighted by Crippen LogP contribution is 2.39. The number of aromatic nitrogens is 3. The summed E-state index contributed by atoms with van der Waals surface area (Å²) in [5.41, 5.74) is 2.08. The molecule has 130 valence electrons. The number of thioether (sulfide) groups is 1. The minimum absolute atomic E-state index is 0.0563. The van der Waals surface area contributed by atoms with Crippen molar-refractivity contribution >= 4 is 22.6 Å². The fraction of sp³-hybridized carbons (Fsp3) is 0.421. The van der Waals surface area contributed by atoms with Crippen molar-refractivity contribution in [3.8, 4) is 0 Å². The first kappa shape index (κ1) is 16.4. The smallest absolute Gasteiger partial charge is 0.230 e. The highest BCUT2D eigenvalue weighted by atomic mass is 32.2. The van der Waals surface area contributed by atoms with E-state index in [1.54, 1.807) is 11.8 Å². The minimum atomic E-state index is -0.0563. The van der Waals surface area contributed by atoms with Gasteiger partial charge in [-0.15, -0.1) is 11.8 Å². The number of aromatic amines is 1. The highest BCUT2D eigenvalue weighted by Gasteiger charge is 2.33. The number of nitrogens with zero attached hydrogens (tertiary/aromatic N) is 3. The molecule has 2 aromatic heterocycles. The van der Waals surface area contributed by atoms with E-state index in [0.29, 0.717) is 0 Å². The van der Waals surface area contributed by atoms with Gasteiger partial charge in [-0.25, -0.2) is 0 Å². The number of H-pyrrole nitrogens is 1. The summed E-state index contributed by atoms with van der Waals surface area (Å²) in [6, 6.07) is 6.09. The molecule has 2 aliphatic rings. The topological polar surface area (TPSA) is 61.9 Å². The lowest BCUT2D eigenvalue weighted by Gasteiger charge is -2.31. The van der Waals surface area contributed by atoms with Gasteiger partial charge in [-0.1, -0.05) is 25.0 Å². The van der Waals surface area contributed by atoms with Crippen LogP contribution in [-0.2, 0) is 4.79 Å². The lowest BCUT2D eigenvalue weighted by Crippen LogP contribution is -2.39. The van der Waals surface area contributed by atoms with Gasteiger partial charge in [0, 0.05) is 35.2 Å². The van der Waals surface area contributed by atoms with Gasteiger partial charge in [0.05, 0.1) is 23.9 Å². The average Bonchev–Trinajstić information content (AvgIpc) is 3.29. The molecule has 0 spiro atoms. The largest absolute Gasteiger partial charge is 0.334 e. The Labute approximate surface area is 151 Å². The number of hydrogen-bond acceptors (Lipinski definition) is 4. The maximum absolute atomic E-state index is 13.3. The van der Waals surface area contributed by atoms with Crippen LogP contribution in [0.3, 0.4) is 0 Å². The Kier molecular flexibility index (Phi) is 4.88. The van der Waals surface area contributed by atoms with Crippen LogP contribution in [0.25, 0.3) is 4.91 Å². The van der Waals surface area contributed by atoms with Crippen molar-refractivity contribution in [3.63, 3.8) is 0 Å². The van der Waals surface area contributed by atoms with Crippen molar-refractivity contribution in [2.45, 2.75) is 31.7 Å². The van der Waals surface area contributed by atoms with Gasteiger partial charge in [0.25, 0.3) is 0 Å². The number of carbonyl (C=O) groups excluding carboxylic acids is 1. The molecule has 5 nitrogen and oxygen atoms in total. The maximum atomic E-state index is 13.3. The van der Waals surface area contributed by atoms with Crippen LogP contribution in [0.4, 0.5) is 0 Å². The highest BCUT2D eigenvalue weighted by molar-refractivity contribution is 8.08. The molecular formula is C19H22N4OS. The summed E-state index contributed by atoms with van der Waals surface area (Å²) in [7, 11) is 0. The van der Waals surface area contributed by atoms with Crippen LogP contribution in [0.2, 0.25) is 0 Å². The fourth-order valence-corrected chi connectivity index (χ4v) is 4.77. The van der Waals surface area contributed by atoms with Crippen molar-refractivity contribution in [3.05, 3.63) is 54.1 Å². The Bertz CT molecular complexity index is 744. The number of hydrogen-bond donors (Lipinski definition) is 1. The first-order valence-corrected chi connectivity index (χ1v) is 9.86. The van der Waals surface area contributed by atoms with Crippen LogP contribution in [-0.4, -0.2) is 38.3 Å². The van der Waals surface area contributed by atoms with Crippen LogP contribution < -0.4 is 0 Å². The molecule has 2 aromatic rings. The summed E-state index contributed by atoms with van der Waals surface area (Å²) in [5, 5.41) is 6.85. The van der Waals surface area contributed by atoms with Gasteiger partial charge in [-0.3, -0.25) is 14.9 Å². The Hall–Kier alpha value is -2.08. The molecule has 6 heteroatoms. The van der Waals surface area contributed by atoms with E-state index in [9.17, 15) is 4.79 Å². The number of rotatable bonds is 3. The third-order valence-corrected chi connectivity index (χ3v) is 6.14. The van der Waals surface area contributed by atoms with Crippen LogP contribution in [0.5, 0.6) is 0 Å². The van der Waals surface area contributed by atoms with E-state index in [1.807, 2.05) is 36.8 Å². The number of amides is 1.